The SMILES string of the molecule is CCCCCCCCC=CCCCCCCCCOC(=O)CS. The molecule has 0 saturated carbocycles. The van der Waals surface area contributed by atoms with E-state index in [-0.39, 0.29) is 11.7 Å². The zero-order valence-electron chi connectivity index (χ0n) is 15.2. The second-order valence-corrected chi connectivity index (χ2v) is 6.63. The van der Waals surface area contributed by atoms with Crippen LogP contribution in [0.4, 0.5) is 0 Å². The van der Waals surface area contributed by atoms with Crippen molar-refractivity contribution in [1.82, 2.24) is 0 Å². The lowest BCUT2D eigenvalue weighted by Gasteiger charge is -2.03. The summed E-state index contributed by atoms with van der Waals surface area (Å²) in [5.74, 6) is -0.0205. The number of rotatable bonds is 17. The van der Waals surface area contributed by atoms with E-state index in [1.807, 2.05) is 0 Å². The Morgan fingerprint density at radius 3 is 1.78 bits per heavy atom. The zero-order chi connectivity index (χ0) is 17.0. The van der Waals surface area contributed by atoms with Gasteiger partial charge in [-0.25, -0.2) is 0 Å². The smallest absolute Gasteiger partial charge is 0.315 e. The summed E-state index contributed by atoms with van der Waals surface area (Å²) in [5.41, 5.74) is 0. The third-order valence-corrected chi connectivity index (χ3v) is 4.31. The van der Waals surface area contributed by atoms with Gasteiger partial charge in [-0.1, -0.05) is 76.9 Å². The van der Waals surface area contributed by atoms with E-state index in [1.165, 1.54) is 77.0 Å². The lowest BCUT2D eigenvalue weighted by atomic mass is 10.1. The maximum absolute atomic E-state index is 10.9. The van der Waals surface area contributed by atoms with E-state index < -0.39 is 0 Å². The third-order valence-electron chi connectivity index (χ3n) is 4.05. The Hall–Kier alpha value is -0.440. The quantitative estimate of drug-likeness (QED) is 0.141. The van der Waals surface area contributed by atoms with Crippen LogP contribution >= 0.6 is 12.6 Å². The molecule has 0 atom stereocenters. The van der Waals surface area contributed by atoms with Gasteiger partial charge in [0.2, 0.25) is 0 Å². The average Bonchev–Trinajstić information content (AvgIpc) is 2.57. The molecule has 0 aromatic rings. The van der Waals surface area contributed by atoms with Crippen molar-refractivity contribution in [1.29, 1.82) is 0 Å². The molecule has 0 fully saturated rings. The molecule has 0 aliphatic carbocycles. The van der Waals surface area contributed by atoms with Crippen LogP contribution in [0, 0.1) is 0 Å². The van der Waals surface area contributed by atoms with Gasteiger partial charge in [-0.2, -0.15) is 12.6 Å². The van der Waals surface area contributed by atoms with Crippen LogP contribution in [-0.4, -0.2) is 18.3 Å². The van der Waals surface area contributed by atoms with Crippen molar-refractivity contribution in [3.8, 4) is 0 Å². The highest BCUT2D eigenvalue weighted by atomic mass is 32.1. The van der Waals surface area contributed by atoms with Crippen molar-refractivity contribution in [3.05, 3.63) is 12.2 Å². The molecule has 0 spiro atoms. The maximum atomic E-state index is 10.9. The molecule has 0 aliphatic heterocycles. The standard InChI is InChI=1S/C20H38O2S/c1-2-3-4-5-6-7-8-9-10-11-12-13-14-15-16-17-18-22-20(21)19-23/h9-10,23H,2-8,11-19H2,1H3. The van der Waals surface area contributed by atoms with Crippen LogP contribution in [0.1, 0.15) is 96.8 Å². The van der Waals surface area contributed by atoms with Gasteiger partial charge in [-0.05, 0) is 32.1 Å². The van der Waals surface area contributed by atoms with E-state index in [1.54, 1.807) is 0 Å². The minimum atomic E-state index is -0.207. The van der Waals surface area contributed by atoms with Crippen molar-refractivity contribution >= 4 is 18.6 Å². The van der Waals surface area contributed by atoms with E-state index >= 15 is 0 Å². The van der Waals surface area contributed by atoms with Gasteiger partial charge >= 0.3 is 5.97 Å². The number of carbonyl (C=O) groups excluding carboxylic acids is 1. The number of carbonyl (C=O) groups is 1. The van der Waals surface area contributed by atoms with Crippen molar-refractivity contribution in [2.24, 2.45) is 0 Å². The molecule has 0 amide bonds. The summed E-state index contributed by atoms with van der Waals surface area (Å²) in [7, 11) is 0. The number of unbranched alkanes of at least 4 members (excludes halogenated alkanes) is 12. The van der Waals surface area contributed by atoms with Crippen LogP contribution in [0.5, 0.6) is 0 Å². The highest BCUT2D eigenvalue weighted by Crippen LogP contribution is 2.10. The fourth-order valence-corrected chi connectivity index (χ4v) is 2.67. The van der Waals surface area contributed by atoms with Gasteiger partial charge in [0.05, 0.1) is 12.4 Å². The Morgan fingerprint density at radius 2 is 1.26 bits per heavy atom. The van der Waals surface area contributed by atoms with Crippen LogP contribution in [0.15, 0.2) is 12.2 Å². The van der Waals surface area contributed by atoms with Gasteiger partial charge in [0.25, 0.3) is 0 Å². The highest BCUT2D eigenvalue weighted by Gasteiger charge is 1.97. The molecule has 0 heterocycles. The largest absolute Gasteiger partial charge is 0.465 e. The van der Waals surface area contributed by atoms with E-state index in [9.17, 15) is 4.79 Å². The topological polar surface area (TPSA) is 26.3 Å². The molecule has 0 rings (SSSR count). The molecule has 0 saturated heterocycles. The van der Waals surface area contributed by atoms with Crippen molar-refractivity contribution in [2.75, 3.05) is 12.4 Å². The van der Waals surface area contributed by atoms with Crippen molar-refractivity contribution in [2.45, 2.75) is 96.8 Å². The first kappa shape index (κ1) is 22.6. The highest BCUT2D eigenvalue weighted by molar-refractivity contribution is 7.81. The molecular weight excluding hydrogens is 304 g/mol. The fourth-order valence-electron chi connectivity index (χ4n) is 2.58. The molecule has 0 bridgehead atoms. The van der Waals surface area contributed by atoms with Crippen LogP contribution in [0.3, 0.4) is 0 Å². The van der Waals surface area contributed by atoms with Gasteiger partial charge in [-0.15, -0.1) is 0 Å². The number of thiol groups is 1. The van der Waals surface area contributed by atoms with Gasteiger partial charge in [-0.3, -0.25) is 4.79 Å². The number of hydrogen-bond donors (Lipinski definition) is 1. The second kappa shape index (κ2) is 19.6. The monoisotopic (exact) mass is 342 g/mol. The minimum Gasteiger partial charge on any atom is -0.465 e. The Bertz CT molecular complexity index is 277. The summed E-state index contributed by atoms with van der Waals surface area (Å²) in [5, 5.41) is 0. The third kappa shape index (κ3) is 19.5. The second-order valence-electron chi connectivity index (χ2n) is 6.32. The first-order valence-electron chi connectivity index (χ1n) is 9.72. The van der Waals surface area contributed by atoms with Gasteiger partial charge in [0.1, 0.15) is 0 Å². The van der Waals surface area contributed by atoms with Crippen molar-refractivity contribution < 1.29 is 9.53 Å². The summed E-state index contributed by atoms with van der Waals surface area (Å²) >= 11 is 3.87. The first-order chi connectivity index (χ1) is 11.3. The molecule has 2 nitrogen and oxygen atoms in total. The summed E-state index contributed by atoms with van der Waals surface area (Å²) in [6, 6.07) is 0. The van der Waals surface area contributed by atoms with Crippen LogP contribution in [-0.2, 0) is 9.53 Å². The van der Waals surface area contributed by atoms with E-state index in [2.05, 4.69) is 31.7 Å². The Morgan fingerprint density at radius 1 is 0.783 bits per heavy atom. The summed E-state index contributed by atoms with van der Waals surface area (Å²) in [6.07, 6.45) is 22.9. The van der Waals surface area contributed by atoms with E-state index in [4.69, 9.17) is 4.74 Å². The van der Waals surface area contributed by atoms with Crippen LogP contribution < -0.4 is 0 Å². The van der Waals surface area contributed by atoms with Crippen molar-refractivity contribution in [3.63, 3.8) is 0 Å². The molecule has 0 aliphatic rings. The molecule has 0 aromatic heterocycles. The first-order valence-corrected chi connectivity index (χ1v) is 10.4. The van der Waals surface area contributed by atoms with Gasteiger partial charge < -0.3 is 4.74 Å². The average molecular weight is 343 g/mol. The lowest BCUT2D eigenvalue weighted by Crippen LogP contribution is -2.06. The molecule has 136 valence electrons. The molecular formula is C20H38O2S. The Labute approximate surface area is 149 Å². The number of hydrogen-bond acceptors (Lipinski definition) is 3. The maximum Gasteiger partial charge on any atom is 0.315 e. The Kier molecular flexibility index (Phi) is 19.2. The predicted molar refractivity (Wildman–Crippen MR) is 104 cm³/mol. The van der Waals surface area contributed by atoms with Crippen LogP contribution in [0.2, 0.25) is 0 Å². The minimum absolute atomic E-state index is 0.187. The van der Waals surface area contributed by atoms with E-state index in [0.29, 0.717) is 6.61 Å². The fraction of sp³-hybridized carbons (Fsp3) is 0.850. The molecule has 0 aromatic carbocycles. The molecule has 0 unspecified atom stereocenters. The van der Waals surface area contributed by atoms with Crippen LogP contribution in [0.25, 0.3) is 0 Å². The number of allylic oxidation sites excluding steroid dienone is 2. The normalized spacial score (nSPS) is 11.2. The predicted octanol–water partition coefficient (Wildman–Crippen LogP) is 6.50. The summed E-state index contributed by atoms with van der Waals surface area (Å²) in [6.45, 7) is 2.82. The zero-order valence-corrected chi connectivity index (χ0v) is 16.1. The molecule has 0 N–H and O–H groups in total. The lowest BCUT2D eigenvalue weighted by molar-refractivity contribution is -0.140. The molecule has 0 radical (unpaired) electrons. The van der Waals surface area contributed by atoms with Gasteiger partial charge in [0.15, 0.2) is 0 Å². The summed E-state index contributed by atoms with van der Waals surface area (Å²) in [4.78, 5) is 10.9. The summed E-state index contributed by atoms with van der Waals surface area (Å²) < 4.78 is 4.99. The molecule has 23 heavy (non-hydrogen) atoms. The van der Waals surface area contributed by atoms with E-state index in [0.717, 1.165) is 12.8 Å². The molecule has 3 heteroatoms. The number of ether oxygens (including phenoxy) is 1. The van der Waals surface area contributed by atoms with Gasteiger partial charge in [0, 0.05) is 0 Å². The Balaban J connectivity index is 3.09. The number of esters is 1.